The number of carbonyl (C=O) groups excluding carboxylic acids is 1. The first-order valence-electron chi connectivity index (χ1n) is 5.77. The van der Waals surface area contributed by atoms with E-state index in [-0.39, 0.29) is 5.91 Å². The van der Waals surface area contributed by atoms with Gasteiger partial charge in [-0.1, -0.05) is 11.6 Å². The molecule has 6 heteroatoms. The van der Waals surface area contributed by atoms with Gasteiger partial charge in [-0.2, -0.15) is 5.10 Å². The van der Waals surface area contributed by atoms with Gasteiger partial charge in [0.15, 0.2) is 0 Å². The third-order valence-electron chi connectivity index (χ3n) is 2.64. The topological polar surface area (TPSA) is 46.9 Å². The third kappa shape index (κ3) is 3.81. The van der Waals surface area contributed by atoms with Gasteiger partial charge < -0.3 is 5.32 Å². The van der Waals surface area contributed by atoms with Crippen LogP contribution in [0.25, 0.3) is 0 Å². The molecule has 0 bridgehead atoms. The van der Waals surface area contributed by atoms with Gasteiger partial charge in [0.2, 0.25) is 0 Å². The Morgan fingerprint density at radius 1 is 1.53 bits per heavy atom. The highest BCUT2D eigenvalue weighted by Gasteiger charge is 2.07. The van der Waals surface area contributed by atoms with Crippen LogP contribution < -0.4 is 5.32 Å². The van der Waals surface area contributed by atoms with Gasteiger partial charge in [0, 0.05) is 29.8 Å². The summed E-state index contributed by atoms with van der Waals surface area (Å²) >= 11 is 9.24. The van der Waals surface area contributed by atoms with Crippen LogP contribution in [-0.2, 0) is 13.5 Å². The fourth-order valence-electron chi connectivity index (χ4n) is 1.66. The van der Waals surface area contributed by atoms with E-state index in [1.807, 2.05) is 13.2 Å². The molecule has 100 valence electrons. The monoisotopic (exact) mass is 341 g/mol. The van der Waals surface area contributed by atoms with E-state index in [1.54, 1.807) is 29.1 Å². The fourth-order valence-corrected chi connectivity index (χ4v) is 2.09. The Morgan fingerprint density at radius 3 is 2.95 bits per heavy atom. The van der Waals surface area contributed by atoms with Gasteiger partial charge in [0.25, 0.3) is 5.91 Å². The van der Waals surface area contributed by atoms with Gasteiger partial charge in [-0.05, 0) is 46.1 Å². The average Bonchev–Trinajstić information content (AvgIpc) is 2.78. The molecule has 0 atom stereocenters. The van der Waals surface area contributed by atoms with E-state index in [0.29, 0.717) is 17.1 Å². The lowest BCUT2D eigenvalue weighted by Gasteiger charge is -2.05. The van der Waals surface area contributed by atoms with Crippen molar-refractivity contribution in [1.82, 2.24) is 15.1 Å². The smallest absolute Gasteiger partial charge is 0.251 e. The maximum Gasteiger partial charge on any atom is 0.251 e. The van der Waals surface area contributed by atoms with Crippen molar-refractivity contribution in [2.24, 2.45) is 7.05 Å². The summed E-state index contributed by atoms with van der Waals surface area (Å²) in [5.74, 6) is -0.127. The minimum absolute atomic E-state index is 0.127. The van der Waals surface area contributed by atoms with E-state index in [2.05, 4.69) is 26.3 Å². The fraction of sp³-hybridized carbons (Fsp3) is 0.231. The molecule has 2 aromatic rings. The van der Waals surface area contributed by atoms with Crippen LogP contribution in [0.4, 0.5) is 0 Å². The van der Waals surface area contributed by atoms with Gasteiger partial charge in [-0.15, -0.1) is 0 Å². The molecule has 1 heterocycles. The summed E-state index contributed by atoms with van der Waals surface area (Å²) in [5, 5.41) is 7.46. The third-order valence-corrected chi connectivity index (χ3v) is 3.87. The van der Waals surface area contributed by atoms with Crippen LogP contribution in [0, 0.1) is 0 Å². The number of amides is 1. The first-order valence-corrected chi connectivity index (χ1v) is 6.94. The van der Waals surface area contributed by atoms with Crippen molar-refractivity contribution < 1.29 is 4.79 Å². The van der Waals surface area contributed by atoms with Crippen molar-refractivity contribution in [1.29, 1.82) is 0 Å². The predicted molar refractivity (Wildman–Crippen MR) is 78.4 cm³/mol. The Kier molecular flexibility index (Phi) is 4.61. The van der Waals surface area contributed by atoms with E-state index in [0.717, 1.165) is 16.5 Å². The number of hydrogen-bond acceptors (Lipinski definition) is 2. The molecule has 0 aliphatic heterocycles. The summed E-state index contributed by atoms with van der Waals surface area (Å²) in [5.41, 5.74) is 1.65. The minimum Gasteiger partial charge on any atom is -0.352 e. The standard InChI is InChI=1S/C13H13BrClN3O/c1-18-8-9(7-17-18)4-5-16-13(19)10-2-3-11(14)12(15)6-10/h2-3,6-8H,4-5H2,1H3,(H,16,19). The second-order valence-corrected chi connectivity index (χ2v) is 5.42. The van der Waals surface area contributed by atoms with Crippen molar-refractivity contribution in [2.75, 3.05) is 6.54 Å². The quantitative estimate of drug-likeness (QED) is 0.929. The number of nitrogens with one attached hydrogen (secondary N) is 1. The molecule has 0 spiro atoms. The van der Waals surface area contributed by atoms with Crippen LogP contribution in [0.15, 0.2) is 35.1 Å². The molecule has 1 amide bonds. The van der Waals surface area contributed by atoms with E-state index < -0.39 is 0 Å². The summed E-state index contributed by atoms with van der Waals surface area (Å²) in [6.07, 6.45) is 4.48. The normalized spacial score (nSPS) is 10.5. The number of halogens is 2. The van der Waals surface area contributed by atoms with Crippen LogP contribution in [0.5, 0.6) is 0 Å². The second-order valence-electron chi connectivity index (χ2n) is 4.16. The zero-order valence-corrected chi connectivity index (χ0v) is 12.7. The molecule has 4 nitrogen and oxygen atoms in total. The Morgan fingerprint density at radius 2 is 2.32 bits per heavy atom. The highest BCUT2D eigenvalue weighted by atomic mass is 79.9. The SMILES string of the molecule is Cn1cc(CCNC(=O)c2ccc(Br)c(Cl)c2)cn1. The Bertz CT molecular complexity index is 597. The van der Waals surface area contributed by atoms with Crippen LogP contribution in [0.3, 0.4) is 0 Å². The molecule has 0 aliphatic rings. The summed E-state index contributed by atoms with van der Waals surface area (Å²) in [6.45, 7) is 0.568. The lowest BCUT2D eigenvalue weighted by Crippen LogP contribution is -2.25. The van der Waals surface area contributed by atoms with E-state index >= 15 is 0 Å². The van der Waals surface area contributed by atoms with Gasteiger partial charge in [0.05, 0.1) is 11.2 Å². The number of hydrogen-bond donors (Lipinski definition) is 1. The zero-order valence-electron chi connectivity index (χ0n) is 10.4. The molecule has 0 radical (unpaired) electrons. The summed E-state index contributed by atoms with van der Waals surface area (Å²) in [6, 6.07) is 5.14. The minimum atomic E-state index is -0.127. The Balaban J connectivity index is 1.89. The molecule has 1 aromatic heterocycles. The largest absolute Gasteiger partial charge is 0.352 e. The van der Waals surface area contributed by atoms with Gasteiger partial charge in [-0.25, -0.2) is 0 Å². The predicted octanol–water partition coefficient (Wildman–Crippen LogP) is 2.81. The zero-order chi connectivity index (χ0) is 13.8. The molecule has 2 rings (SSSR count). The maximum absolute atomic E-state index is 11.9. The Hall–Kier alpha value is -1.33. The molecule has 0 fully saturated rings. The summed E-state index contributed by atoms with van der Waals surface area (Å²) in [7, 11) is 1.87. The molecule has 0 saturated heterocycles. The van der Waals surface area contributed by atoms with E-state index in [9.17, 15) is 4.79 Å². The summed E-state index contributed by atoms with van der Waals surface area (Å²) in [4.78, 5) is 11.9. The molecule has 19 heavy (non-hydrogen) atoms. The van der Waals surface area contributed by atoms with Crippen molar-refractivity contribution >= 4 is 33.4 Å². The van der Waals surface area contributed by atoms with E-state index in [1.165, 1.54) is 0 Å². The van der Waals surface area contributed by atoms with Crippen LogP contribution in [-0.4, -0.2) is 22.2 Å². The number of aromatic nitrogens is 2. The van der Waals surface area contributed by atoms with Gasteiger partial charge in [-0.3, -0.25) is 9.48 Å². The molecule has 1 aromatic carbocycles. The number of rotatable bonds is 4. The highest BCUT2D eigenvalue weighted by Crippen LogP contribution is 2.23. The molecule has 0 saturated carbocycles. The van der Waals surface area contributed by atoms with Crippen molar-refractivity contribution in [3.05, 3.63) is 51.2 Å². The lowest BCUT2D eigenvalue weighted by atomic mass is 10.2. The van der Waals surface area contributed by atoms with Crippen molar-refractivity contribution in [3.8, 4) is 0 Å². The van der Waals surface area contributed by atoms with Crippen LogP contribution in [0.1, 0.15) is 15.9 Å². The number of carbonyl (C=O) groups is 1. The molecular formula is C13H13BrClN3O. The average molecular weight is 343 g/mol. The van der Waals surface area contributed by atoms with Crippen molar-refractivity contribution in [3.63, 3.8) is 0 Å². The first kappa shape index (κ1) is 14.1. The van der Waals surface area contributed by atoms with Crippen LogP contribution in [0.2, 0.25) is 5.02 Å². The first-order chi connectivity index (χ1) is 9.06. The van der Waals surface area contributed by atoms with E-state index in [4.69, 9.17) is 11.6 Å². The van der Waals surface area contributed by atoms with Gasteiger partial charge in [0.1, 0.15) is 0 Å². The van der Waals surface area contributed by atoms with Gasteiger partial charge >= 0.3 is 0 Å². The Labute approximate surface area is 124 Å². The highest BCUT2D eigenvalue weighted by molar-refractivity contribution is 9.10. The second kappa shape index (κ2) is 6.21. The molecule has 0 aliphatic carbocycles. The summed E-state index contributed by atoms with van der Waals surface area (Å²) < 4.78 is 2.52. The maximum atomic E-state index is 11.9. The number of benzene rings is 1. The van der Waals surface area contributed by atoms with Crippen LogP contribution >= 0.6 is 27.5 Å². The number of aryl methyl sites for hydroxylation is 1. The number of nitrogens with zero attached hydrogens (tertiary/aromatic N) is 2. The lowest BCUT2D eigenvalue weighted by molar-refractivity contribution is 0.0954. The molecule has 1 N–H and O–H groups in total. The van der Waals surface area contributed by atoms with Crippen molar-refractivity contribution in [2.45, 2.75) is 6.42 Å². The molecular weight excluding hydrogens is 330 g/mol. The molecule has 0 unspecified atom stereocenters.